The lowest BCUT2D eigenvalue weighted by Crippen LogP contribution is -2.24. The molecule has 30 heavy (non-hydrogen) atoms. The summed E-state index contributed by atoms with van der Waals surface area (Å²) in [7, 11) is 0. The third-order valence-electron chi connectivity index (χ3n) is 4.73. The molecule has 0 atom stereocenters. The summed E-state index contributed by atoms with van der Waals surface area (Å²) in [6.45, 7) is 0. The minimum absolute atomic E-state index is 0.238. The molecule has 6 heteroatoms. The van der Waals surface area contributed by atoms with Crippen molar-refractivity contribution in [2.75, 3.05) is 0 Å². The summed E-state index contributed by atoms with van der Waals surface area (Å²) in [6.07, 6.45) is 7.14. The summed E-state index contributed by atoms with van der Waals surface area (Å²) in [5, 5.41) is 7.59. The molecule has 1 amide bonds. The molecule has 0 unspecified atom stereocenters. The van der Waals surface area contributed by atoms with Crippen molar-refractivity contribution in [3.63, 3.8) is 0 Å². The van der Waals surface area contributed by atoms with Gasteiger partial charge in [0.1, 0.15) is 17.2 Å². The van der Waals surface area contributed by atoms with Gasteiger partial charge in [-0.3, -0.25) is 9.78 Å². The van der Waals surface area contributed by atoms with E-state index in [4.69, 9.17) is 5.10 Å². The van der Waals surface area contributed by atoms with Gasteiger partial charge in [0.05, 0.1) is 5.69 Å². The smallest absolute Gasteiger partial charge is 0.275 e. The molecular weight excluding hydrogens is 374 g/mol. The van der Waals surface area contributed by atoms with Gasteiger partial charge in [-0.15, -0.1) is 0 Å². The quantitative estimate of drug-likeness (QED) is 0.537. The van der Waals surface area contributed by atoms with Crippen molar-refractivity contribution in [1.82, 2.24) is 20.1 Å². The van der Waals surface area contributed by atoms with Crippen molar-refractivity contribution < 1.29 is 4.79 Å². The van der Waals surface area contributed by atoms with E-state index in [1.54, 1.807) is 23.2 Å². The standard InChI is InChI=1S/C24H17N5O/c30-24-21(26-23(27-24)17-8-3-1-4-9-17)14-19-16-29(20-11-5-2-6-12-20)28-22(19)18-10-7-13-25-15-18/h1-16H,(H,26,27,30)/b21-14-. The molecule has 2 aromatic heterocycles. The highest BCUT2D eigenvalue weighted by Gasteiger charge is 2.22. The van der Waals surface area contributed by atoms with Crippen molar-refractivity contribution >= 4 is 17.8 Å². The number of para-hydroxylation sites is 1. The molecule has 0 saturated carbocycles. The molecule has 0 saturated heterocycles. The number of aliphatic imine (C=N–C) groups is 1. The zero-order chi connectivity index (χ0) is 20.3. The lowest BCUT2D eigenvalue weighted by molar-refractivity contribution is -0.115. The van der Waals surface area contributed by atoms with Gasteiger partial charge in [-0.2, -0.15) is 5.10 Å². The Morgan fingerprint density at radius 2 is 1.60 bits per heavy atom. The van der Waals surface area contributed by atoms with Crippen molar-refractivity contribution in [2.45, 2.75) is 0 Å². The van der Waals surface area contributed by atoms with E-state index in [0.29, 0.717) is 11.5 Å². The number of carbonyl (C=O) groups is 1. The van der Waals surface area contributed by atoms with Crippen LogP contribution in [-0.2, 0) is 4.79 Å². The van der Waals surface area contributed by atoms with Crippen molar-refractivity contribution in [1.29, 1.82) is 0 Å². The maximum absolute atomic E-state index is 12.6. The van der Waals surface area contributed by atoms with Crippen LogP contribution in [0.15, 0.2) is 102 Å². The number of amides is 1. The number of nitrogens with one attached hydrogen (secondary N) is 1. The average molecular weight is 391 g/mol. The maximum atomic E-state index is 12.6. The number of aromatic nitrogens is 3. The number of carbonyl (C=O) groups excluding carboxylic acids is 1. The summed E-state index contributed by atoms with van der Waals surface area (Å²) in [5.41, 5.74) is 4.51. The van der Waals surface area contributed by atoms with Gasteiger partial charge in [0.2, 0.25) is 0 Å². The summed E-state index contributed by atoms with van der Waals surface area (Å²) in [5.74, 6) is 0.309. The van der Waals surface area contributed by atoms with Crippen LogP contribution in [0, 0.1) is 0 Å². The largest absolute Gasteiger partial charge is 0.305 e. The van der Waals surface area contributed by atoms with Crippen LogP contribution >= 0.6 is 0 Å². The van der Waals surface area contributed by atoms with Crippen LogP contribution in [0.3, 0.4) is 0 Å². The van der Waals surface area contributed by atoms with E-state index in [2.05, 4.69) is 15.3 Å². The third kappa shape index (κ3) is 3.42. The minimum Gasteiger partial charge on any atom is -0.305 e. The van der Waals surface area contributed by atoms with E-state index in [-0.39, 0.29) is 5.91 Å². The molecule has 4 aromatic rings. The fraction of sp³-hybridized carbons (Fsp3) is 0. The number of rotatable bonds is 4. The van der Waals surface area contributed by atoms with Gasteiger partial charge < -0.3 is 5.32 Å². The molecule has 0 radical (unpaired) electrons. The van der Waals surface area contributed by atoms with Crippen LogP contribution in [0.4, 0.5) is 0 Å². The van der Waals surface area contributed by atoms with Crippen LogP contribution in [0.25, 0.3) is 23.0 Å². The first-order valence-corrected chi connectivity index (χ1v) is 9.50. The molecule has 144 valence electrons. The van der Waals surface area contributed by atoms with E-state index < -0.39 is 0 Å². The zero-order valence-electron chi connectivity index (χ0n) is 15.9. The molecule has 5 rings (SSSR count). The predicted octanol–water partition coefficient (Wildman–Crippen LogP) is 3.85. The lowest BCUT2D eigenvalue weighted by Gasteiger charge is -2.00. The normalized spacial score (nSPS) is 14.6. The number of benzene rings is 2. The van der Waals surface area contributed by atoms with Crippen LogP contribution in [0.2, 0.25) is 0 Å². The van der Waals surface area contributed by atoms with Crippen LogP contribution in [-0.4, -0.2) is 26.5 Å². The van der Waals surface area contributed by atoms with Gasteiger partial charge >= 0.3 is 0 Å². The fourth-order valence-electron chi connectivity index (χ4n) is 3.28. The molecule has 1 aliphatic heterocycles. The summed E-state index contributed by atoms with van der Waals surface area (Å²) < 4.78 is 1.80. The van der Waals surface area contributed by atoms with E-state index in [9.17, 15) is 4.79 Å². The molecule has 0 aliphatic carbocycles. The second kappa shape index (κ2) is 7.60. The SMILES string of the molecule is O=C1NC(c2ccccc2)=N/C1=C\c1cn(-c2ccccc2)nc1-c1cccnc1. The molecule has 0 spiro atoms. The summed E-state index contributed by atoms with van der Waals surface area (Å²) in [4.78, 5) is 21.3. The van der Waals surface area contributed by atoms with Gasteiger partial charge in [-0.25, -0.2) is 9.67 Å². The number of pyridine rings is 1. The van der Waals surface area contributed by atoms with Gasteiger partial charge in [-0.1, -0.05) is 48.5 Å². The van der Waals surface area contributed by atoms with E-state index in [1.807, 2.05) is 79.0 Å². The number of nitrogens with zero attached hydrogens (tertiary/aromatic N) is 4. The van der Waals surface area contributed by atoms with Crippen molar-refractivity contribution in [3.05, 3.63) is 108 Å². The lowest BCUT2D eigenvalue weighted by atomic mass is 10.1. The monoisotopic (exact) mass is 391 g/mol. The molecule has 1 aliphatic rings. The molecule has 2 aromatic carbocycles. The molecule has 0 bridgehead atoms. The van der Waals surface area contributed by atoms with Crippen LogP contribution in [0.1, 0.15) is 11.1 Å². The summed E-state index contributed by atoms with van der Waals surface area (Å²) in [6, 6.07) is 23.2. The van der Waals surface area contributed by atoms with Crippen molar-refractivity contribution in [3.8, 4) is 16.9 Å². The Morgan fingerprint density at radius 1 is 0.867 bits per heavy atom. The highest BCUT2D eigenvalue weighted by atomic mass is 16.2. The Kier molecular flexibility index (Phi) is 4.50. The van der Waals surface area contributed by atoms with Gasteiger partial charge in [0, 0.05) is 35.3 Å². The Hall–Kier alpha value is -4.32. The number of amidine groups is 1. The molecular formula is C24H17N5O. The van der Waals surface area contributed by atoms with Crippen LogP contribution < -0.4 is 5.32 Å². The van der Waals surface area contributed by atoms with Crippen LogP contribution in [0.5, 0.6) is 0 Å². The van der Waals surface area contributed by atoms with Gasteiger partial charge in [-0.05, 0) is 30.3 Å². The highest BCUT2D eigenvalue weighted by Crippen LogP contribution is 2.26. The Labute approximate surface area is 173 Å². The molecule has 3 heterocycles. The first kappa shape index (κ1) is 17.8. The average Bonchev–Trinajstić information content (AvgIpc) is 3.40. The molecule has 6 nitrogen and oxygen atoms in total. The Bertz CT molecular complexity index is 1260. The van der Waals surface area contributed by atoms with Gasteiger partial charge in [0.25, 0.3) is 5.91 Å². The predicted molar refractivity (Wildman–Crippen MR) is 116 cm³/mol. The first-order valence-electron chi connectivity index (χ1n) is 9.50. The van der Waals surface area contributed by atoms with Crippen molar-refractivity contribution in [2.24, 2.45) is 4.99 Å². The van der Waals surface area contributed by atoms with E-state index in [0.717, 1.165) is 28.1 Å². The topological polar surface area (TPSA) is 72.2 Å². The zero-order valence-corrected chi connectivity index (χ0v) is 15.9. The van der Waals surface area contributed by atoms with E-state index >= 15 is 0 Å². The minimum atomic E-state index is -0.238. The molecule has 1 N–H and O–H groups in total. The second-order valence-corrected chi connectivity index (χ2v) is 6.77. The number of hydrogen-bond donors (Lipinski definition) is 1. The second-order valence-electron chi connectivity index (χ2n) is 6.77. The molecule has 0 fully saturated rings. The maximum Gasteiger partial charge on any atom is 0.275 e. The fourth-order valence-corrected chi connectivity index (χ4v) is 3.28. The Balaban J connectivity index is 1.60. The van der Waals surface area contributed by atoms with Gasteiger partial charge in [0.15, 0.2) is 0 Å². The summed E-state index contributed by atoms with van der Waals surface area (Å²) >= 11 is 0. The van der Waals surface area contributed by atoms with E-state index in [1.165, 1.54) is 0 Å². The third-order valence-corrected chi connectivity index (χ3v) is 4.73. The number of hydrogen-bond acceptors (Lipinski definition) is 4. The highest BCUT2D eigenvalue weighted by molar-refractivity contribution is 6.19. The Morgan fingerprint density at radius 3 is 2.33 bits per heavy atom. The first-order chi connectivity index (χ1) is 14.8.